The van der Waals surface area contributed by atoms with Crippen molar-refractivity contribution in [2.75, 3.05) is 52.9 Å². The largest absolute Gasteiger partial charge is 0.494 e. The Bertz CT molecular complexity index is 2630. The molecule has 76 heavy (non-hydrogen) atoms. The fraction of sp³-hybridized carbons (Fsp3) is 0.214. The molecule has 4 amide bonds. The van der Waals surface area contributed by atoms with E-state index in [2.05, 4.69) is 21.3 Å². The number of carbonyl (C=O) groups excluding carboxylic acids is 4. The fourth-order valence-electron chi connectivity index (χ4n) is 9.18. The van der Waals surface area contributed by atoms with Gasteiger partial charge in [0.1, 0.15) is 0 Å². The van der Waals surface area contributed by atoms with Crippen LogP contribution in [-0.4, -0.2) is 129 Å². The van der Waals surface area contributed by atoms with Crippen LogP contribution in [0.2, 0.25) is 0 Å². The minimum Gasteiger partial charge on any atom is -0.405 e. The molecule has 4 fully saturated rings. The Morgan fingerprint density at radius 3 is 0.605 bits per heavy atom. The maximum atomic E-state index is 13.2. The Balaban J connectivity index is 0.717. The molecule has 0 aromatic heterocycles. The van der Waals surface area contributed by atoms with Gasteiger partial charge in [0.25, 0.3) is 23.6 Å². The standard InChI is InChI=1S/C56H52B4N4O12/c65-53-41-13-5-37(6-14-41)1-2-38-7-15-42(16-8-38)54(66)62-50-31-71-58(72-32-50)46-25-27-48(28-26-46)60-75-35-52(36-76-60)64-56(68)44-19-11-40(12-20-44)4-3-39-9-17-43(18-10-39)55(67)63-51-33-73-59(74-34-51)47-23-21-45(22-24-47)57-69-29-49(61-53)30-70-57/h1-28,49-52H,29-36H2,(H,61,65)(H,62,66)(H,63,67)(H,64,68). The second-order valence-corrected chi connectivity index (χ2v) is 19.2. The van der Waals surface area contributed by atoms with Gasteiger partial charge in [-0.05, 0) is 92.6 Å². The number of nitrogens with one attached hydrogen (secondary N) is 4. The van der Waals surface area contributed by atoms with Gasteiger partial charge in [0.05, 0.1) is 77.0 Å². The van der Waals surface area contributed by atoms with Gasteiger partial charge < -0.3 is 58.5 Å². The van der Waals surface area contributed by atoms with Crippen molar-refractivity contribution in [3.05, 3.63) is 190 Å². The lowest BCUT2D eigenvalue weighted by atomic mass is 9.72. The molecule has 20 aliphatic heterocycles. The maximum absolute atomic E-state index is 13.2. The smallest absolute Gasteiger partial charge is 0.405 e. The summed E-state index contributed by atoms with van der Waals surface area (Å²) in [4.78, 5) is 52.7. The predicted octanol–water partition coefficient (Wildman–Crippen LogP) is 2.50. The van der Waals surface area contributed by atoms with Crippen molar-refractivity contribution in [3.8, 4) is 0 Å². The zero-order valence-electron chi connectivity index (χ0n) is 41.3. The SMILES string of the molecule is O=C1NC2COB(OC2)c2ccc(cc2)B2OCC(CO2)NC(=O)c2ccc(cc2)C=Cc2ccc(cc2)C(=O)NC2COB(OC2)c2ccc(cc2)B2OCC(CO2)NC(=O)c2ccc(cc2)C=Cc2ccc1cc2. The molecule has 380 valence electrons. The normalized spacial score (nSPS) is 21.7. The molecular weight excluding hydrogens is 964 g/mol. The van der Waals surface area contributed by atoms with E-state index in [4.69, 9.17) is 37.2 Å². The summed E-state index contributed by atoms with van der Waals surface area (Å²) in [6.07, 6.45) is 7.76. The lowest BCUT2D eigenvalue weighted by Gasteiger charge is -2.29. The molecule has 0 spiro atoms. The number of amides is 4. The zero-order valence-corrected chi connectivity index (χ0v) is 41.3. The van der Waals surface area contributed by atoms with Crippen LogP contribution in [0.3, 0.4) is 0 Å². The quantitative estimate of drug-likeness (QED) is 0.163. The molecule has 16 nitrogen and oxygen atoms in total. The highest BCUT2D eigenvalue weighted by atomic mass is 16.6. The molecule has 0 unspecified atom stereocenters. The lowest BCUT2D eigenvalue weighted by Crippen LogP contribution is -2.53. The lowest BCUT2D eigenvalue weighted by molar-refractivity contribution is 0.0779. The number of benzene rings is 6. The van der Waals surface area contributed by atoms with Gasteiger partial charge >= 0.3 is 28.5 Å². The van der Waals surface area contributed by atoms with Crippen LogP contribution in [0.4, 0.5) is 0 Å². The predicted molar refractivity (Wildman–Crippen MR) is 291 cm³/mol. The topological polar surface area (TPSA) is 190 Å². The van der Waals surface area contributed by atoms with Crippen molar-refractivity contribution in [1.29, 1.82) is 0 Å². The molecule has 4 saturated heterocycles. The van der Waals surface area contributed by atoms with Crippen molar-refractivity contribution < 1.29 is 56.4 Å². The van der Waals surface area contributed by atoms with E-state index >= 15 is 0 Å². The van der Waals surface area contributed by atoms with Crippen molar-refractivity contribution >= 4 is 98.3 Å². The molecular formula is C56H52B4N4O12. The molecule has 20 heterocycles. The molecule has 20 aliphatic rings. The molecule has 20 heteroatoms. The van der Waals surface area contributed by atoms with Crippen molar-refractivity contribution in [2.45, 2.75) is 24.2 Å². The monoisotopic (exact) mass is 1020 g/mol. The van der Waals surface area contributed by atoms with Gasteiger partial charge in [0.2, 0.25) is 0 Å². The molecule has 26 rings (SSSR count). The van der Waals surface area contributed by atoms with Crippen molar-refractivity contribution in [2.24, 2.45) is 0 Å². The highest BCUT2D eigenvalue weighted by molar-refractivity contribution is 6.64. The Hall–Kier alpha value is -7.38. The summed E-state index contributed by atoms with van der Waals surface area (Å²) >= 11 is 0. The number of rotatable bonds is 0. The first-order valence-corrected chi connectivity index (χ1v) is 25.3. The highest BCUT2D eigenvalue weighted by Crippen LogP contribution is 2.16. The van der Waals surface area contributed by atoms with E-state index in [1.807, 2.05) is 121 Å². The van der Waals surface area contributed by atoms with E-state index < -0.39 is 28.5 Å². The van der Waals surface area contributed by atoms with E-state index in [1.54, 1.807) is 48.5 Å². The Labute approximate surface area is 441 Å². The van der Waals surface area contributed by atoms with Gasteiger partial charge in [-0.1, -0.05) is 121 Å². The Morgan fingerprint density at radius 2 is 0.434 bits per heavy atom. The van der Waals surface area contributed by atoms with Gasteiger partial charge in [-0.2, -0.15) is 0 Å². The molecule has 4 N–H and O–H groups in total. The van der Waals surface area contributed by atoms with Gasteiger partial charge in [-0.15, -0.1) is 0 Å². The van der Waals surface area contributed by atoms with Crippen molar-refractivity contribution in [1.82, 2.24) is 21.3 Å². The molecule has 0 radical (unpaired) electrons. The van der Waals surface area contributed by atoms with Crippen LogP contribution in [0.1, 0.15) is 63.7 Å². The second-order valence-electron chi connectivity index (χ2n) is 19.2. The first kappa shape index (κ1) is 50.8. The third-order valence-electron chi connectivity index (χ3n) is 13.5. The van der Waals surface area contributed by atoms with E-state index in [1.165, 1.54) is 0 Å². The van der Waals surface area contributed by atoms with Crippen LogP contribution in [0.15, 0.2) is 146 Å². The zero-order chi connectivity index (χ0) is 51.8. The number of carbonyl (C=O) groups is 4. The third-order valence-corrected chi connectivity index (χ3v) is 13.5. The summed E-state index contributed by atoms with van der Waals surface area (Å²) in [5.74, 6) is -0.927. The number of hydrogen-bond donors (Lipinski definition) is 4. The highest BCUT2D eigenvalue weighted by Gasteiger charge is 2.35. The molecule has 0 aliphatic carbocycles. The van der Waals surface area contributed by atoms with Gasteiger partial charge in [0.15, 0.2) is 0 Å². The molecule has 6 aromatic rings. The van der Waals surface area contributed by atoms with Crippen LogP contribution in [0.5, 0.6) is 0 Å². The Kier molecular flexibility index (Phi) is 15.8. The van der Waals surface area contributed by atoms with Crippen LogP contribution in [0, 0.1) is 0 Å². The maximum Gasteiger partial charge on any atom is 0.494 e. The fourth-order valence-corrected chi connectivity index (χ4v) is 9.18. The van der Waals surface area contributed by atoms with Gasteiger partial charge in [0, 0.05) is 22.3 Å². The van der Waals surface area contributed by atoms with Crippen LogP contribution >= 0.6 is 0 Å². The molecule has 0 saturated carbocycles. The summed E-state index contributed by atoms with van der Waals surface area (Å²) in [5.41, 5.74) is 8.91. The molecule has 20 bridgehead atoms. The first-order valence-electron chi connectivity index (χ1n) is 25.3. The van der Waals surface area contributed by atoms with Crippen LogP contribution < -0.4 is 43.1 Å². The van der Waals surface area contributed by atoms with Crippen LogP contribution in [-0.2, 0) is 37.2 Å². The third kappa shape index (κ3) is 12.6. The van der Waals surface area contributed by atoms with Crippen LogP contribution in [0.25, 0.3) is 24.3 Å². The van der Waals surface area contributed by atoms with Crippen molar-refractivity contribution in [3.63, 3.8) is 0 Å². The molecule has 6 aromatic carbocycles. The average molecular weight is 1020 g/mol. The average Bonchev–Trinajstić information content (AvgIpc) is 3.47. The van der Waals surface area contributed by atoms with E-state index in [0.717, 1.165) is 44.1 Å². The van der Waals surface area contributed by atoms with Gasteiger partial charge in [-0.3, -0.25) is 19.2 Å². The summed E-state index contributed by atoms with van der Waals surface area (Å²) < 4.78 is 48.1. The minimum absolute atomic E-state index is 0.232. The molecule has 0 atom stereocenters. The first-order chi connectivity index (χ1) is 37.2. The summed E-state index contributed by atoms with van der Waals surface area (Å²) in [5, 5.41) is 12.0. The van der Waals surface area contributed by atoms with E-state index in [0.29, 0.717) is 22.3 Å². The summed E-state index contributed by atoms with van der Waals surface area (Å²) in [7, 11) is -2.40. The Morgan fingerprint density at radius 1 is 0.263 bits per heavy atom. The van der Waals surface area contributed by atoms with Gasteiger partial charge in [-0.25, -0.2) is 0 Å². The second kappa shape index (κ2) is 23.7. The van der Waals surface area contributed by atoms with E-state index in [-0.39, 0.29) is 101 Å². The summed E-state index contributed by atoms with van der Waals surface area (Å²) in [6.45, 7) is 2.18. The summed E-state index contributed by atoms with van der Waals surface area (Å²) in [6, 6.07) is 43.0. The minimum atomic E-state index is -0.599. The van der Waals surface area contributed by atoms with E-state index in [9.17, 15) is 19.2 Å². The number of hydrogen-bond acceptors (Lipinski definition) is 12.